The largest absolute Gasteiger partial charge is 0.424 e. The van der Waals surface area contributed by atoms with Crippen molar-refractivity contribution >= 4 is 34.0 Å². The first-order chi connectivity index (χ1) is 22.5. The summed E-state index contributed by atoms with van der Waals surface area (Å²) in [7, 11) is -8.85. The summed E-state index contributed by atoms with van der Waals surface area (Å²) >= 11 is 0. The van der Waals surface area contributed by atoms with Crippen molar-refractivity contribution in [2.24, 2.45) is 13.5 Å². The van der Waals surface area contributed by atoms with Gasteiger partial charge in [0.25, 0.3) is 0 Å². The Labute approximate surface area is 269 Å². The first-order valence-corrected chi connectivity index (χ1v) is 21.4. The minimum Gasteiger partial charge on any atom is -0.424 e. The fourth-order valence-corrected chi connectivity index (χ4v) is 21.7. The minimum atomic E-state index is -3.00. The number of piperidine rings is 2. The highest BCUT2D eigenvalue weighted by atomic mass is 31.3. The summed E-state index contributed by atoms with van der Waals surface area (Å²) in [5.41, 5.74) is 2.14. The Morgan fingerprint density at radius 2 is 0.957 bits per heavy atom. The second-order valence-electron chi connectivity index (χ2n) is 13.0. The summed E-state index contributed by atoms with van der Waals surface area (Å²) in [5, 5.41) is 0. The van der Waals surface area contributed by atoms with E-state index >= 15 is 0 Å². The van der Waals surface area contributed by atoms with Crippen LogP contribution >= 0.6 is 22.7 Å². The van der Waals surface area contributed by atoms with Gasteiger partial charge in [-0.1, -0.05) is 24.3 Å². The smallest absolute Gasteiger partial charge is 0.363 e. The van der Waals surface area contributed by atoms with Gasteiger partial charge in [0.05, 0.1) is 37.8 Å². The van der Waals surface area contributed by atoms with Crippen LogP contribution in [0.2, 0.25) is 0 Å². The predicted molar refractivity (Wildman–Crippen MR) is 177 cm³/mol. The molecular weight excluding hydrogens is 647 g/mol. The molecule has 46 heavy (non-hydrogen) atoms. The van der Waals surface area contributed by atoms with E-state index in [1.807, 2.05) is 12.1 Å². The molecule has 8 aliphatic heterocycles. The van der Waals surface area contributed by atoms with Gasteiger partial charge in [-0.2, -0.15) is 9.03 Å². The van der Waals surface area contributed by atoms with Crippen molar-refractivity contribution in [1.29, 1.82) is 0 Å². The second kappa shape index (κ2) is 10.5. The monoisotopic (exact) mass is 687 g/mol. The Balaban J connectivity index is 1.19. The maximum Gasteiger partial charge on any atom is 0.363 e. The molecule has 2 aromatic rings. The standard InChI is InChI=1S/C30H40N7O6P3/c1-3-9-27-25(7-1)36-15-5-6-16-37-26-8-2-4-10-28(26)43-46(37)32-44(31-45(36,33-46)42-27,34-17-11-29(12-18-34)38-21-22-39-29)35-19-13-30(14-20-35)40-23-24-41-30/h1-4,7-10H,5-6,11-24H2. The molecule has 13 nitrogen and oxygen atoms in total. The van der Waals surface area contributed by atoms with Crippen LogP contribution in [0.5, 0.6) is 11.5 Å². The van der Waals surface area contributed by atoms with E-state index in [9.17, 15) is 0 Å². The molecule has 8 aliphatic rings. The Morgan fingerprint density at radius 3 is 1.43 bits per heavy atom. The fourth-order valence-electron chi connectivity index (χ4n) is 8.13. The summed E-state index contributed by atoms with van der Waals surface area (Å²) in [6.45, 7) is 7.27. The number of rotatable bonds is 2. The van der Waals surface area contributed by atoms with Crippen LogP contribution < -0.4 is 18.4 Å². The molecule has 0 aromatic heterocycles. The van der Waals surface area contributed by atoms with E-state index in [4.69, 9.17) is 41.5 Å². The van der Waals surface area contributed by atoms with Crippen LogP contribution in [0.25, 0.3) is 0 Å². The number of hydrogen-bond acceptors (Lipinski definition) is 13. The molecule has 2 bridgehead atoms. The van der Waals surface area contributed by atoms with E-state index in [0.29, 0.717) is 26.4 Å². The number of benzene rings is 2. The Kier molecular flexibility index (Phi) is 6.66. The van der Waals surface area contributed by atoms with Crippen molar-refractivity contribution in [3.63, 3.8) is 0 Å². The molecule has 0 N–H and O–H groups in total. The zero-order valence-electron chi connectivity index (χ0n) is 25.9. The molecule has 0 saturated carbocycles. The number of anilines is 2. The first kappa shape index (κ1) is 29.0. The molecule has 2 aromatic carbocycles. The number of hydrogen-bond donors (Lipinski definition) is 0. The quantitative estimate of drug-likeness (QED) is 0.304. The van der Waals surface area contributed by atoms with Crippen molar-refractivity contribution in [1.82, 2.24) is 9.34 Å². The van der Waals surface area contributed by atoms with Gasteiger partial charge in [0.2, 0.25) is 7.51 Å². The van der Waals surface area contributed by atoms with Gasteiger partial charge in [-0.15, -0.1) is 4.52 Å². The third-order valence-corrected chi connectivity index (χ3v) is 21.4. The summed E-state index contributed by atoms with van der Waals surface area (Å²) in [5.74, 6) is 0.667. The van der Waals surface area contributed by atoms with Gasteiger partial charge in [0, 0.05) is 65.0 Å². The Bertz CT molecular complexity index is 1630. The average Bonchev–Trinajstić information content (AvgIpc) is 3.85. The zero-order chi connectivity index (χ0) is 30.5. The third kappa shape index (κ3) is 4.26. The van der Waals surface area contributed by atoms with E-state index in [2.05, 4.69) is 55.1 Å². The minimum absolute atomic E-state index is 0.515. The van der Waals surface area contributed by atoms with Crippen molar-refractivity contribution in [2.75, 3.05) is 75.0 Å². The molecule has 8 heterocycles. The fraction of sp³-hybridized carbons (Fsp3) is 0.600. The summed E-state index contributed by atoms with van der Waals surface area (Å²) in [4.78, 5) is 0. The SMILES string of the molecule is c1ccc2c(c1)OP13=NP4(=NP(N5CCC6(CC5)OCCO6)(N5CCC6(CC5)OCCO6)=N1)Oc1ccccc1N4CCCCN23. The van der Waals surface area contributed by atoms with Gasteiger partial charge in [-0.25, -0.2) is 9.34 Å². The highest BCUT2D eigenvalue weighted by molar-refractivity contribution is 7.84. The number of para-hydroxylation sites is 4. The van der Waals surface area contributed by atoms with E-state index < -0.39 is 34.2 Å². The number of nitrogens with zero attached hydrogens (tertiary/aromatic N) is 7. The normalized spacial score (nSPS) is 33.7. The molecule has 10 rings (SSSR count). The molecule has 4 saturated heterocycles. The lowest BCUT2D eigenvalue weighted by Gasteiger charge is -2.50. The van der Waals surface area contributed by atoms with Crippen molar-refractivity contribution in [2.45, 2.75) is 50.1 Å². The number of fused-ring (bicyclic) bond motifs is 4. The van der Waals surface area contributed by atoms with Gasteiger partial charge in [0.15, 0.2) is 23.1 Å². The van der Waals surface area contributed by atoms with Crippen LogP contribution in [-0.4, -0.2) is 86.6 Å². The van der Waals surface area contributed by atoms with Crippen LogP contribution in [0, 0.1) is 0 Å². The second-order valence-corrected chi connectivity index (χ2v) is 20.8. The maximum atomic E-state index is 7.13. The van der Waals surface area contributed by atoms with Gasteiger partial charge >= 0.3 is 15.2 Å². The van der Waals surface area contributed by atoms with Gasteiger partial charge in [0.1, 0.15) is 0 Å². The van der Waals surface area contributed by atoms with E-state index in [1.54, 1.807) is 0 Å². The predicted octanol–water partition coefficient (Wildman–Crippen LogP) is 7.11. The first-order valence-electron chi connectivity index (χ1n) is 16.7. The van der Waals surface area contributed by atoms with Crippen LogP contribution in [0.15, 0.2) is 62.1 Å². The third-order valence-electron chi connectivity index (χ3n) is 10.4. The van der Waals surface area contributed by atoms with Crippen molar-refractivity contribution in [3.8, 4) is 11.5 Å². The molecule has 2 unspecified atom stereocenters. The maximum absolute atomic E-state index is 7.13. The van der Waals surface area contributed by atoms with Gasteiger partial charge in [-0.05, 0) is 37.1 Å². The van der Waals surface area contributed by atoms with Crippen LogP contribution in [-0.2, 0) is 18.9 Å². The highest BCUT2D eigenvalue weighted by Crippen LogP contribution is 2.86. The summed E-state index contributed by atoms with van der Waals surface area (Å²) < 4.78 is 66.6. The number of ether oxygens (including phenoxy) is 4. The van der Waals surface area contributed by atoms with Crippen molar-refractivity contribution in [3.05, 3.63) is 48.5 Å². The topological polar surface area (TPSA) is 105 Å². The summed E-state index contributed by atoms with van der Waals surface area (Å²) in [6.07, 6.45) is 5.08. The van der Waals surface area contributed by atoms with E-state index in [1.165, 1.54) is 0 Å². The molecule has 4 spiro atoms. The lowest BCUT2D eigenvalue weighted by atomic mass is 10.1. The highest BCUT2D eigenvalue weighted by Gasteiger charge is 2.58. The molecule has 246 valence electrons. The molecular formula is C30H40N7O6P3. The van der Waals surface area contributed by atoms with Gasteiger partial charge in [-0.3, -0.25) is 9.34 Å². The molecule has 0 radical (unpaired) electrons. The zero-order valence-corrected chi connectivity index (χ0v) is 28.5. The van der Waals surface area contributed by atoms with E-state index in [0.717, 1.165) is 101 Å². The Hall–Kier alpha value is -1.91. The lowest BCUT2D eigenvalue weighted by molar-refractivity contribution is -0.182. The Morgan fingerprint density at radius 1 is 0.522 bits per heavy atom. The summed E-state index contributed by atoms with van der Waals surface area (Å²) in [6, 6.07) is 16.7. The molecule has 4 fully saturated rings. The molecule has 0 amide bonds. The van der Waals surface area contributed by atoms with Crippen molar-refractivity contribution < 1.29 is 28.0 Å². The molecule has 16 heteroatoms. The van der Waals surface area contributed by atoms with Crippen LogP contribution in [0.4, 0.5) is 11.4 Å². The van der Waals surface area contributed by atoms with Crippen LogP contribution in [0.3, 0.4) is 0 Å². The van der Waals surface area contributed by atoms with Crippen LogP contribution in [0.1, 0.15) is 38.5 Å². The van der Waals surface area contributed by atoms with E-state index in [-0.39, 0.29) is 0 Å². The van der Waals surface area contributed by atoms with Gasteiger partial charge < -0.3 is 28.0 Å². The molecule has 0 aliphatic carbocycles. The molecule has 2 atom stereocenters. The average molecular weight is 688 g/mol. The lowest BCUT2D eigenvalue weighted by Crippen LogP contribution is -2.49.